The lowest BCUT2D eigenvalue weighted by atomic mass is 9.87. The van der Waals surface area contributed by atoms with Gasteiger partial charge in [-0.1, -0.05) is 36.4 Å². The smallest absolute Gasteiger partial charge is 0.222 e. The normalized spacial score (nSPS) is 16.0. The van der Waals surface area contributed by atoms with Crippen LogP contribution in [-0.4, -0.2) is 34.8 Å². The molecule has 2 heterocycles. The van der Waals surface area contributed by atoms with Gasteiger partial charge >= 0.3 is 0 Å². The van der Waals surface area contributed by atoms with Gasteiger partial charge in [0.2, 0.25) is 11.8 Å². The van der Waals surface area contributed by atoms with Gasteiger partial charge < -0.3 is 10.2 Å². The van der Waals surface area contributed by atoms with Gasteiger partial charge in [-0.2, -0.15) is 0 Å². The van der Waals surface area contributed by atoms with Crippen LogP contribution in [-0.2, 0) is 16.0 Å². The van der Waals surface area contributed by atoms with Crippen LogP contribution in [0.4, 0.5) is 0 Å². The predicted octanol–water partition coefficient (Wildman–Crippen LogP) is 3.13. The van der Waals surface area contributed by atoms with Crippen LogP contribution in [0, 0.1) is 5.92 Å². The molecule has 0 aliphatic carbocycles. The molecular formula is C22H27N3O2. The molecule has 3 rings (SSSR count). The van der Waals surface area contributed by atoms with Crippen LogP contribution in [0.1, 0.15) is 43.5 Å². The third-order valence-corrected chi connectivity index (χ3v) is 5.20. The van der Waals surface area contributed by atoms with E-state index < -0.39 is 0 Å². The predicted molar refractivity (Wildman–Crippen MR) is 105 cm³/mol. The largest absolute Gasteiger partial charge is 0.348 e. The monoisotopic (exact) mass is 365 g/mol. The minimum absolute atomic E-state index is 0.0491. The van der Waals surface area contributed by atoms with Crippen LogP contribution in [0.5, 0.6) is 0 Å². The third-order valence-electron chi connectivity index (χ3n) is 5.20. The van der Waals surface area contributed by atoms with Crippen LogP contribution < -0.4 is 5.32 Å². The van der Waals surface area contributed by atoms with Crippen LogP contribution in [0.2, 0.25) is 0 Å². The van der Waals surface area contributed by atoms with Gasteiger partial charge in [-0.25, -0.2) is 0 Å². The fraction of sp³-hybridized carbons (Fsp3) is 0.409. The highest BCUT2D eigenvalue weighted by Crippen LogP contribution is 2.30. The summed E-state index contributed by atoms with van der Waals surface area (Å²) in [6.45, 7) is 3.01. The first-order valence-electron chi connectivity index (χ1n) is 9.63. The van der Waals surface area contributed by atoms with Crippen LogP contribution >= 0.6 is 0 Å². The summed E-state index contributed by atoms with van der Waals surface area (Å²) in [5.74, 6) is 0.459. The molecule has 0 spiro atoms. The van der Waals surface area contributed by atoms with E-state index in [-0.39, 0.29) is 17.9 Å². The minimum Gasteiger partial charge on any atom is -0.348 e. The summed E-state index contributed by atoms with van der Waals surface area (Å²) in [4.78, 5) is 30.6. The summed E-state index contributed by atoms with van der Waals surface area (Å²) in [6.07, 6.45) is 4.83. The van der Waals surface area contributed by atoms with Crippen molar-refractivity contribution in [3.05, 3.63) is 66.0 Å². The number of nitrogens with one attached hydrogen (secondary N) is 1. The van der Waals surface area contributed by atoms with Gasteiger partial charge in [-0.05, 0) is 42.9 Å². The molecule has 1 saturated heterocycles. The molecule has 1 aromatic heterocycles. The number of aromatic nitrogens is 1. The quantitative estimate of drug-likeness (QED) is 0.855. The van der Waals surface area contributed by atoms with Crippen LogP contribution in [0.3, 0.4) is 0 Å². The number of piperidine rings is 1. The number of likely N-dealkylation sites (tertiary alicyclic amines) is 1. The molecule has 0 radical (unpaired) electrons. The molecule has 1 fully saturated rings. The molecule has 142 valence electrons. The number of aryl methyl sites for hydroxylation is 1. The number of carbonyl (C=O) groups is 2. The molecule has 0 unspecified atom stereocenters. The highest BCUT2D eigenvalue weighted by atomic mass is 16.2. The molecule has 0 saturated carbocycles. The maximum atomic E-state index is 12.5. The summed E-state index contributed by atoms with van der Waals surface area (Å²) >= 11 is 0. The van der Waals surface area contributed by atoms with Crippen molar-refractivity contribution in [2.24, 2.45) is 5.92 Å². The average Bonchev–Trinajstić information content (AvgIpc) is 2.72. The van der Waals surface area contributed by atoms with E-state index in [1.807, 2.05) is 41.3 Å². The van der Waals surface area contributed by atoms with Gasteiger partial charge in [-0.15, -0.1) is 0 Å². The lowest BCUT2D eigenvalue weighted by molar-refractivity contribution is -0.133. The molecule has 2 amide bonds. The molecule has 1 aliphatic heterocycles. The Balaban J connectivity index is 1.55. The molecule has 1 atom stereocenters. The fourth-order valence-corrected chi connectivity index (χ4v) is 3.75. The van der Waals surface area contributed by atoms with E-state index in [1.165, 1.54) is 12.5 Å². The molecule has 1 N–H and O–H groups in total. The number of hydrogen-bond donors (Lipinski definition) is 1. The van der Waals surface area contributed by atoms with E-state index in [2.05, 4.69) is 22.4 Å². The summed E-state index contributed by atoms with van der Waals surface area (Å²) in [5.41, 5.74) is 2.09. The van der Waals surface area contributed by atoms with E-state index in [4.69, 9.17) is 0 Å². The topological polar surface area (TPSA) is 62.3 Å². The summed E-state index contributed by atoms with van der Waals surface area (Å²) < 4.78 is 0. The third kappa shape index (κ3) is 5.39. The SMILES string of the molecule is CC(=O)N[C@@H](c1ccccn1)C1CCN(C(=O)CCc2ccccc2)CC1. The Bertz CT molecular complexity index is 741. The number of rotatable bonds is 6. The maximum absolute atomic E-state index is 12.5. The number of carbonyl (C=O) groups excluding carboxylic acids is 2. The van der Waals surface area contributed by atoms with Crippen molar-refractivity contribution in [3.8, 4) is 0 Å². The Morgan fingerprint density at radius 1 is 1.11 bits per heavy atom. The van der Waals surface area contributed by atoms with E-state index in [1.54, 1.807) is 6.20 Å². The lowest BCUT2D eigenvalue weighted by Gasteiger charge is -2.36. The summed E-state index contributed by atoms with van der Waals surface area (Å²) in [5, 5.41) is 3.05. The van der Waals surface area contributed by atoms with Crippen LogP contribution in [0.25, 0.3) is 0 Å². The molecule has 5 nitrogen and oxygen atoms in total. The van der Waals surface area contributed by atoms with E-state index >= 15 is 0 Å². The molecule has 5 heteroatoms. The highest BCUT2D eigenvalue weighted by Gasteiger charge is 2.30. The Hall–Kier alpha value is -2.69. The number of amides is 2. The van der Waals surface area contributed by atoms with Crippen molar-refractivity contribution in [1.82, 2.24) is 15.2 Å². The van der Waals surface area contributed by atoms with Gasteiger partial charge in [0, 0.05) is 32.6 Å². The van der Waals surface area contributed by atoms with Crippen molar-refractivity contribution in [3.63, 3.8) is 0 Å². The van der Waals surface area contributed by atoms with E-state index in [9.17, 15) is 9.59 Å². The van der Waals surface area contributed by atoms with Crippen molar-refractivity contribution < 1.29 is 9.59 Å². The number of benzene rings is 1. The Morgan fingerprint density at radius 2 is 1.81 bits per heavy atom. The second kappa shape index (κ2) is 9.31. The minimum atomic E-state index is -0.0923. The standard InChI is InChI=1S/C22H27N3O2/c1-17(26)24-22(20-9-5-6-14-23-20)19-12-15-25(16-13-19)21(27)11-10-18-7-3-2-4-8-18/h2-9,14,19,22H,10-13,15-16H2,1H3,(H,24,26)/t22-/m1/s1. The molecule has 1 aliphatic rings. The summed E-state index contributed by atoms with van der Waals surface area (Å²) in [7, 11) is 0. The second-order valence-corrected chi connectivity index (χ2v) is 7.14. The van der Waals surface area contributed by atoms with Crippen molar-refractivity contribution in [2.45, 2.75) is 38.6 Å². The first-order chi connectivity index (χ1) is 13.1. The van der Waals surface area contributed by atoms with Gasteiger partial charge in [0.15, 0.2) is 0 Å². The van der Waals surface area contributed by atoms with Gasteiger partial charge in [-0.3, -0.25) is 14.6 Å². The Kier molecular flexibility index (Phi) is 6.58. The number of hydrogen-bond acceptors (Lipinski definition) is 3. The van der Waals surface area contributed by atoms with Crippen LogP contribution in [0.15, 0.2) is 54.7 Å². The first-order valence-corrected chi connectivity index (χ1v) is 9.63. The Labute approximate surface area is 160 Å². The zero-order valence-corrected chi connectivity index (χ0v) is 15.8. The van der Waals surface area contributed by atoms with Crippen molar-refractivity contribution in [2.75, 3.05) is 13.1 Å². The molecular weight excluding hydrogens is 338 g/mol. The zero-order chi connectivity index (χ0) is 19.1. The molecule has 2 aromatic rings. The number of pyridine rings is 1. The molecule has 27 heavy (non-hydrogen) atoms. The van der Waals surface area contributed by atoms with Crippen molar-refractivity contribution in [1.29, 1.82) is 0 Å². The zero-order valence-electron chi connectivity index (χ0n) is 15.8. The average molecular weight is 365 g/mol. The highest BCUT2D eigenvalue weighted by molar-refractivity contribution is 5.76. The Morgan fingerprint density at radius 3 is 2.44 bits per heavy atom. The molecule has 1 aromatic carbocycles. The first kappa shape index (κ1) is 19.1. The van der Waals surface area contributed by atoms with Gasteiger partial charge in [0.1, 0.15) is 0 Å². The lowest BCUT2D eigenvalue weighted by Crippen LogP contribution is -2.43. The number of nitrogens with zero attached hydrogens (tertiary/aromatic N) is 2. The van der Waals surface area contributed by atoms with Gasteiger partial charge in [0.05, 0.1) is 11.7 Å². The summed E-state index contributed by atoms with van der Waals surface area (Å²) in [6, 6.07) is 15.8. The van der Waals surface area contributed by atoms with Gasteiger partial charge in [0.25, 0.3) is 0 Å². The second-order valence-electron chi connectivity index (χ2n) is 7.14. The van der Waals surface area contributed by atoms with Crippen molar-refractivity contribution >= 4 is 11.8 Å². The fourth-order valence-electron chi connectivity index (χ4n) is 3.75. The molecule has 0 bridgehead atoms. The maximum Gasteiger partial charge on any atom is 0.222 e. The van der Waals surface area contributed by atoms with E-state index in [0.29, 0.717) is 12.3 Å². The van der Waals surface area contributed by atoms with E-state index in [0.717, 1.165) is 38.0 Å².